The number of carbonyl (C=O) groups excluding carboxylic acids is 1. The molecule has 0 aliphatic carbocycles. The van der Waals surface area contributed by atoms with Crippen LogP contribution in [0.4, 0.5) is 5.69 Å². The predicted octanol–water partition coefficient (Wildman–Crippen LogP) is 1.52. The molecule has 1 aromatic heterocycles. The van der Waals surface area contributed by atoms with Crippen molar-refractivity contribution < 1.29 is 4.79 Å². The highest BCUT2D eigenvalue weighted by Crippen LogP contribution is 2.11. The highest BCUT2D eigenvalue weighted by atomic mass is 16.2. The molecule has 0 saturated carbocycles. The maximum absolute atomic E-state index is 12.0. The van der Waals surface area contributed by atoms with Crippen LogP contribution in [0.25, 0.3) is 0 Å². The first-order valence-electron chi connectivity index (χ1n) is 5.79. The third-order valence-corrected chi connectivity index (χ3v) is 2.57. The third kappa shape index (κ3) is 3.34. The van der Waals surface area contributed by atoms with E-state index in [0.717, 1.165) is 12.8 Å². The molecule has 0 radical (unpaired) electrons. The van der Waals surface area contributed by atoms with Gasteiger partial charge in [-0.25, -0.2) is 0 Å². The molecule has 1 rings (SSSR count). The smallest absolute Gasteiger partial charge is 0.276 e. The lowest BCUT2D eigenvalue weighted by atomic mass is 10.2. The fourth-order valence-electron chi connectivity index (χ4n) is 1.52. The fourth-order valence-corrected chi connectivity index (χ4v) is 1.52. The quantitative estimate of drug-likeness (QED) is 0.601. The van der Waals surface area contributed by atoms with Crippen molar-refractivity contribution in [3.63, 3.8) is 0 Å². The summed E-state index contributed by atoms with van der Waals surface area (Å²) in [5, 5.41) is 4.16. The van der Waals surface area contributed by atoms with Gasteiger partial charge in [0.15, 0.2) is 5.69 Å². The number of nitrogen functional groups attached to an aromatic ring is 1. The molecule has 5 nitrogen and oxygen atoms in total. The number of allylic oxidation sites excluding steroid dienone is 1. The zero-order valence-corrected chi connectivity index (χ0v) is 10.5. The third-order valence-electron chi connectivity index (χ3n) is 2.57. The minimum Gasteiger partial charge on any atom is -0.396 e. The van der Waals surface area contributed by atoms with Gasteiger partial charge in [-0.15, -0.1) is 6.58 Å². The molecule has 0 spiro atoms. The molecule has 2 N–H and O–H groups in total. The normalized spacial score (nSPS) is 10.2. The van der Waals surface area contributed by atoms with Crippen molar-refractivity contribution in [2.24, 2.45) is 0 Å². The summed E-state index contributed by atoms with van der Waals surface area (Å²) >= 11 is 0. The maximum atomic E-state index is 12.0. The number of rotatable bonds is 6. The van der Waals surface area contributed by atoms with Crippen LogP contribution in [0, 0.1) is 0 Å². The van der Waals surface area contributed by atoms with E-state index in [1.165, 1.54) is 0 Å². The summed E-state index contributed by atoms with van der Waals surface area (Å²) in [4.78, 5) is 13.7. The van der Waals surface area contributed by atoms with Crippen LogP contribution in [-0.2, 0) is 6.54 Å². The zero-order valence-electron chi connectivity index (χ0n) is 10.5. The number of unbranched alkanes of at least 4 members (excludes halogenated alkanes) is 1. The topological polar surface area (TPSA) is 64.2 Å². The van der Waals surface area contributed by atoms with Crippen molar-refractivity contribution in [2.75, 3.05) is 19.3 Å². The van der Waals surface area contributed by atoms with Gasteiger partial charge in [0, 0.05) is 26.3 Å². The second kappa shape index (κ2) is 6.08. The number of hydrogen-bond acceptors (Lipinski definition) is 3. The molecule has 0 aliphatic rings. The Morgan fingerprint density at radius 2 is 2.41 bits per heavy atom. The van der Waals surface area contributed by atoms with E-state index in [9.17, 15) is 4.79 Å². The van der Waals surface area contributed by atoms with Crippen LogP contribution in [-0.4, -0.2) is 34.2 Å². The van der Waals surface area contributed by atoms with Crippen molar-refractivity contribution in [2.45, 2.75) is 26.3 Å². The van der Waals surface area contributed by atoms with E-state index in [2.05, 4.69) is 11.7 Å². The molecule has 17 heavy (non-hydrogen) atoms. The van der Waals surface area contributed by atoms with Crippen LogP contribution < -0.4 is 5.73 Å². The van der Waals surface area contributed by atoms with Crippen LogP contribution in [0.3, 0.4) is 0 Å². The Labute approximate surface area is 102 Å². The standard InChI is InChI=1S/C12H20N4O/c1-4-6-7-8-15(3)12(17)11-10(13)9-16(5-2)14-11/h4,9H,1,5-8,13H2,2-3H3. The first-order valence-corrected chi connectivity index (χ1v) is 5.79. The molecule has 0 unspecified atom stereocenters. The van der Waals surface area contributed by atoms with E-state index in [-0.39, 0.29) is 5.91 Å². The van der Waals surface area contributed by atoms with Gasteiger partial charge in [-0.1, -0.05) is 6.08 Å². The van der Waals surface area contributed by atoms with Crippen molar-refractivity contribution >= 4 is 11.6 Å². The average molecular weight is 236 g/mol. The van der Waals surface area contributed by atoms with E-state index in [0.29, 0.717) is 24.5 Å². The van der Waals surface area contributed by atoms with Crippen LogP contribution in [0.2, 0.25) is 0 Å². The van der Waals surface area contributed by atoms with E-state index in [1.54, 1.807) is 22.8 Å². The molecule has 5 heteroatoms. The van der Waals surface area contributed by atoms with Crippen molar-refractivity contribution in [1.29, 1.82) is 0 Å². The zero-order chi connectivity index (χ0) is 12.8. The van der Waals surface area contributed by atoms with Crippen molar-refractivity contribution in [3.8, 4) is 0 Å². The lowest BCUT2D eigenvalue weighted by Gasteiger charge is -2.15. The number of nitrogens with zero attached hydrogens (tertiary/aromatic N) is 3. The summed E-state index contributed by atoms with van der Waals surface area (Å²) in [6.07, 6.45) is 5.33. The van der Waals surface area contributed by atoms with Gasteiger partial charge in [0.25, 0.3) is 5.91 Å². The molecule has 0 atom stereocenters. The van der Waals surface area contributed by atoms with Gasteiger partial charge >= 0.3 is 0 Å². The van der Waals surface area contributed by atoms with Crippen LogP contribution >= 0.6 is 0 Å². The number of nitrogens with two attached hydrogens (primary N) is 1. The van der Waals surface area contributed by atoms with Crippen LogP contribution in [0.15, 0.2) is 18.9 Å². The molecule has 94 valence electrons. The van der Waals surface area contributed by atoms with E-state index < -0.39 is 0 Å². The molecule has 0 bridgehead atoms. The maximum Gasteiger partial charge on any atom is 0.276 e. The number of carbonyl (C=O) groups is 1. The van der Waals surface area contributed by atoms with Gasteiger partial charge in [-0.05, 0) is 19.8 Å². The van der Waals surface area contributed by atoms with Gasteiger partial charge in [0.05, 0.1) is 5.69 Å². The summed E-state index contributed by atoms with van der Waals surface area (Å²) in [5.41, 5.74) is 6.54. The van der Waals surface area contributed by atoms with Crippen molar-refractivity contribution in [3.05, 3.63) is 24.5 Å². The van der Waals surface area contributed by atoms with Gasteiger partial charge in [-0.3, -0.25) is 9.48 Å². The Bertz CT molecular complexity index is 397. The lowest BCUT2D eigenvalue weighted by molar-refractivity contribution is 0.0788. The van der Waals surface area contributed by atoms with Crippen molar-refractivity contribution in [1.82, 2.24) is 14.7 Å². The first-order chi connectivity index (χ1) is 8.10. The van der Waals surface area contributed by atoms with E-state index in [4.69, 9.17) is 5.73 Å². The summed E-state index contributed by atoms with van der Waals surface area (Å²) in [6, 6.07) is 0. The summed E-state index contributed by atoms with van der Waals surface area (Å²) < 4.78 is 1.67. The SMILES string of the molecule is C=CCCCN(C)C(=O)c1nn(CC)cc1N. The first kappa shape index (κ1) is 13.3. The minimum atomic E-state index is -0.126. The van der Waals surface area contributed by atoms with Gasteiger partial charge in [-0.2, -0.15) is 5.10 Å². The Kier molecular flexibility index (Phi) is 4.75. The second-order valence-electron chi connectivity index (χ2n) is 3.95. The molecule has 0 fully saturated rings. The number of anilines is 1. The monoisotopic (exact) mass is 236 g/mol. The summed E-state index contributed by atoms with van der Waals surface area (Å²) in [6.45, 7) is 6.99. The molecule has 1 heterocycles. The largest absolute Gasteiger partial charge is 0.396 e. The molecule has 1 amide bonds. The molecule has 1 aromatic rings. The van der Waals surface area contributed by atoms with Gasteiger partial charge in [0.2, 0.25) is 0 Å². The highest BCUT2D eigenvalue weighted by Gasteiger charge is 2.18. The molecule has 0 aliphatic heterocycles. The Morgan fingerprint density at radius 3 is 2.94 bits per heavy atom. The van der Waals surface area contributed by atoms with Gasteiger partial charge < -0.3 is 10.6 Å². The lowest BCUT2D eigenvalue weighted by Crippen LogP contribution is -2.28. The second-order valence-corrected chi connectivity index (χ2v) is 3.95. The number of amides is 1. The molecule has 0 saturated heterocycles. The van der Waals surface area contributed by atoms with E-state index in [1.807, 2.05) is 13.0 Å². The molecular formula is C12H20N4O. The Balaban J connectivity index is 2.67. The summed E-state index contributed by atoms with van der Waals surface area (Å²) in [7, 11) is 1.76. The number of aromatic nitrogens is 2. The van der Waals surface area contributed by atoms with Crippen LogP contribution in [0.5, 0.6) is 0 Å². The van der Waals surface area contributed by atoms with Gasteiger partial charge in [0.1, 0.15) is 0 Å². The fraction of sp³-hybridized carbons (Fsp3) is 0.500. The van der Waals surface area contributed by atoms with Crippen LogP contribution in [0.1, 0.15) is 30.3 Å². The van der Waals surface area contributed by atoms with E-state index >= 15 is 0 Å². The molecular weight excluding hydrogens is 216 g/mol. The number of aryl methyl sites for hydroxylation is 1. The average Bonchev–Trinajstić information content (AvgIpc) is 2.69. The molecule has 0 aromatic carbocycles. The number of hydrogen-bond donors (Lipinski definition) is 1. The summed E-state index contributed by atoms with van der Waals surface area (Å²) in [5.74, 6) is -0.126. The highest BCUT2D eigenvalue weighted by molar-refractivity contribution is 5.96. The Hall–Kier alpha value is -1.78. The minimum absolute atomic E-state index is 0.126. The Morgan fingerprint density at radius 1 is 1.71 bits per heavy atom. The predicted molar refractivity (Wildman–Crippen MR) is 68.7 cm³/mol.